The van der Waals surface area contributed by atoms with Crippen LogP contribution in [0.4, 0.5) is 0 Å². The maximum atomic E-state index is 11.8. The van der Waals surface area contributed by atoms with Crippen molar-refractivity contribution in [1.29, 1.82) is 0 Å². The molecule has 0 saturated carbocycles. The van der Waals surface area contributed by atoms with Crippen LogP contribution in [0.5, 0.6) is 0 Å². The minimum Gasteiger partial charge on any atom is -0.378 e. The Balaban J connectivity index is 2.67. The van der Waals surface area contributed by atoms with E-state index in [9.17, 15) is 4.79 Å². The molecule has 1 aromatic carbocycles. The zero-order valence-electron chi connectivity index (χ0n) is 9.84. The minimum atomic E-state index is -0.312. The number of hydrogen-bond donors (Lipinski definition) is 1. The first kappa shape index (κ1) is 14.5. The molecule has 19 heavy (non-hydrogen) atoms. The van der Waals surface area contributed by atoms with Crippen molar-refractivity contribution in [2.75, 3.05) is 7.11 Å². The summed E-state index contributed by atoms with van der Waals surface area (Å²) in [4.78, 5) is 18.8. The smallest absolute Gasteiger partial charge is 0.265 e. The molecule has 2 aromatic rings. The summed E-state index contributed by atoms with van der Waals surface area (Å²) >= 11 is 15.4. The van der Waals surface area contributed by atoms with Crippen LogP contribution >= 0.6 is 39.1 Å². The molecule has 2 rings (SSSR count). The summed E-state index contributed by atoms with van der Waals surface area (Å²) in [6, 6.07) is 5.09. The molecule has 7 heteroatoms. The number of ether oxygens (including phenoxy) is 1. The van der Waals surface area contributed by atoms with Gasteiger partial charge in [-0.2, -0.15) is 0 Å². The second-order valence-corrected chi connectivity index (χ2v) is 5.31. The van der Waals surface area contributed by atoms with Gasteiger partial charge in [0.1, 0.15) is 10.3 Å². The van der Waals surface area contributed by atoms with E-state index in [1.165, 1.54) is 7.11 Å². The third kappa shape index (κ3) is 3.00. The molecule has 0 fully saturated rings. The van der Waals surface area contributed by atoms with E-state index in [1.54, 1.807) is 18.2 Å². The third-order valence-electron chi connectivity index (χ3n) is 2.41. The average molecular weight is 364 g/mol. The Hall–Kier alpha value is -0.880. The molecule has 1 aromatic heterocycles. The summed E-state index contributed by atoms with van der Waals surface area (Å²) in [6.07, 6.45) is 0. The molecule has 1 heterocycles. The lowest BCUT2D eigenvalue weighted by atomic mass is 10.2. The van der Waals surface area contributed by atoms with Crippen LogP contribution in [0.3, 0.4) is 0 Å². The van der Waals surface area contributed by atoms with Crippen molar-refractivity contribution in [2.24, 2.45) is 0 Å². The van der Waals surface area contributed by atoms with E-state index in [0.29, 0.717) is 31.6 Å². The predicted octanol–water partition coefficient (Wildman–Crippen LogP) is 3.65. The van der Waals surface area contributed by atoms with Gasteiger partial charge in [-0.1, -0.05) is 29.3 Å². The van der Waals surface area contributed by atoms with Crippen molar-refractivity contribution in [3.05, 3.63) is 48.8 Å². The topological polar surface area (TPSA) is 55.0 Å². The normalized spacial score (nSPS) is 10.7. The Kier molecular flexibility index (Phi) is 4.62. The minimum absolute atomic E-state index is 0.208. The van der Waals surface area contributed by atoms with Crippen molar-refractivity contribution >= 4 is 39.1 Å². The van der Waals surface area contributed by atoms with Gasteiger partial charge < -0.3 is 9.72 Å². The Bertz CT molecular complexity index is 653. The van der Waals surface area contributed by atoms with E-state index >= 15 is 0 Å². The van der Waals surface area contributed by atoms with E-state index < -0.39 is 0 Å². The van der Waals surface area contributed by atoms with Gasteiger partial charge in [0.05, 0.1) is 27.9 Å². The summed E-state index contributed by atoms with van der Waals surface area (Å²) in [6.45, 7) is 0.208. The molecule has 0 spiro atoms. The fraction of sp³-hybridized carbons (Fsp3) is 0.167. The van der Waals surface area contributed by atoms with Crippen molar-refractivity contribution in [3.63, 3.8) is 0 Å². The molecule has 0 saturated heterocycles. The van der Waals surface area contributed by atoms with Crippen molar-refractivity contribution in [1.82, 2.24) is 9.97 Å². The Labute approximate surface area is 127 Å². The molecular weight excluding hydrogens is 355 g/mol. The van der Waals surface area contributed by atoms with Gasteiger partial charge in [0.25, 0.3) is 5.56 Å². The van der Waals surface area contributed by atoms with Gasteiger partial charge in [-0.05, 0) is 28.1 Å². The predicted molar refractivity (Wildman–Crippen MR) is 78.7 cm³/mol. The summed E-state index contributed by atoms with van der Waals surface area (Å²) in [5.74, 6) is 0.316. The van der Waals surface area contributed by atoms with Gasteiger partial charge in [0, 0.05) is 7.11 Å². The highest BCUT2D eigenvalue weighted by atomic mass is 79.9. The fourth-order valence-corrected chi connectivity index (χ4v) is 2.46. The van der Waals surface area contributed by atoms with Crippen molar-refractivity contribution < 1.29 is 4.74 Å². The molecule has 0 bridgehead atoms. The standard InChI is InChI=1S/C12H9BrCl2N2O2/c1-19-5-8-10(13)12(18)17-11(16-8)9-6(14)3-2-4-7(9)15/h2-4H,5H2,1H3,(H,16,17,18). The number of nitrogens with zero attached hydrogens (tertiary/aromatic N) is 1. The summed E-state index contributed by atoms with van der Waals surface area (Å²) < 4.78 is 5.34. The van der Waals surface area contributed by atoms with Crippen LogP contribution in [0.25, 0.3) is 11.4 Å². The van der Waals surface area contributed by atoms with Gasteiger partial charge >= 0.3 is 0 Å². The van der Waals surface area contributed by atoms with Gasteiger partial charge in [-0.3, -0.25) is 4.79 Å². The summed E-state index contributed by atoms with van der Waals surface area (Å²) in [5, 5.41) is 0.836. The highest BCUT2D eigenvalue weighted by Gasteiger charge is 2.14. The van der Waals surface area contributed by atoms with Crippen LogP contribution in [0.2, 0.25) is 10.0 Å². The molecular formula is C12H9BrCl2N2O2. The Morgan fingerprint density at radius 2 is 2.00 bits per heavy atom. The number of rotatable bonds is 3. The van der Waals surface area contributed by atoms with Crippen LogP contribution in [0.15, 0.2) is 27.5 Å². The zero-order chi connectivity index (χ0) is 14.0. The van der Waals surface area contributed by atoms with Crippen molar-refractivity contribution in [2.45, 2.75) is 6.61 Å². The molecule has 4 nitrogen and oxygen atoms in total. The molecule has 0 atom stereocenters. The highest BCUT2D eigenvalue weighted by molar-refractivity contribution is 9.10. The van der Waals surface area contributed by atoms with E-state index in [0.717, 1.165) is 0 Å². The molecule has 0 aliphatic rings. The average Bonchev–Trinajstić information content (AvgIpc) is 2.35. The molecule has 0 radical (unpaired) electrons. The van der Waals surface area contributed by atoms with E-state index in [2.05, 4.69) is 25.9 Å². The number of aromatic nitrogens is 2. The van der Waals surface area contributed by atoms with Crippen LogP contribution in [-0.4, -0.2) is 17.1 Å². The van der Waals surface area contributed by atoms with Crippen molar-refractivity contribution in [3.8, 4) is 11.4 Å². The van der Waals surface area contributed by atoms with Crippen LogP contribution in [0, 0.1) is 0 Å². The van der Waals surface area contributed by atoms with Gasteiger partial charge in [-0.25, -0.2) is 4.98 Å². The second kappa shape index (κ2) is 6.05. The van der Waals surface area contributed by atoms with Gasteiger partial charge in [0.15, 0.2) is 0 Å². The van der Waals surface area contributed by atoms with Crippen LogP contribution in [-0.2, 0) is 11.3 Å². The van der Waals surface area contributed by atoms with Gasteiger partial charge in [0.2, 0.25) is 0 Å². The third-order valence-corrected chi connectivity index (χ3v) is 3.86. The lowest BCUT2D eigenvalue weighted by molar-refractivity contribution is 0.180. The number of H-pyrrole nitrogens is 1. The number of benzene rings is 1. The summed E-state index contributed by atoms with van der Waals surface area (Å²) in [5.41, 5.74) is 0.665. The molecule has 0 aliphatic heterocycles. The van der Waals surface area contributed by atoms with Crippen LogP contribution < -0.4 is 5.56 Å². The molecule has 0 aliphatic carbocycles. The van der Waals surface area contributed by atoms with E-state index in [-0.39, 0.29) is 12.2 Å². The number of halogens is 3. The maximum Gasteiger partial charge on any atom is 0.265 e. The maximum absolute atomic E-state index is 11.8. The van der Waals surface area contributed by atoms with Crippen LogP contribution in [0.1, 0.15) is 5.69 Å². The lowest BCUT2D eigenvalue weighted by Crippen LogP contribution is -2.14. The molecule has 0 amide bonds. The lowest BCUT2D eigenvalue weighted by Gasteiger charge is -2.09. The Morgan fingerprint density at radius 1 is 1.37 bits per heavy atom. The molecule has 1 N–H and O–H groups in total. The van der Waals surface area contributed by atoms with Gasteiger partial charge in [-0.15, -0.1) is 0 Å². The fourth-order valence-electron chi connectivity index (χ4n) is 1.58. The number of hydrogen-bond acceptors (Lipinski definition) is 3. The highest BCUT2D eigenvalue weighted by Crippen LogP contribution is 2.32. The second-order valence-electron chi connectivity index (χ2n) is 3.70. The first-order chi connectivity index (χ1) is 9.04. The largest absolute Gasteiger partial charge is 0.378 e. The molecule has 100 valence electrons. The SMILES string of the molecule is COCc1nc(-c2c(Cl)cccc2Cl)[nH]c(=O)c1Br. The first-order valence-electron chi connectivity index (χ1n) is 5.26. The quantitative estimate of drug-likeness (QED) is 0.905. The Morgan fingerprint density at radius 3 is 2.58 bits per heavy atom. The number of nitrogens with one attached hydrogen (secondary N) is 1. The number of aromatic amines is 1. The molecule has 0 unspecified atom stereocenters. The first-order valence-corrected chi connectivity index (χ1v) is 6.81. The zero-order valence-corrected chi connectivity index (χ0v) is 12.9. The number of methoxy groups -OCH3 is 1. The van der Waals surface area contributed by atoms with E-state index in [1.807, 2.05) is 0 Å². The van der Waals surface area contributed by atoms with E-state index in [4.69, 9.17) is 27.9 Å². The monoisotopic (exact) mass is 362 g/mol. The summed E-state index contributed by atoms with van der Waals surface area (Å²) in [7, 11) is 1.53.